The van der Waals surface area contributed by atoms with Gasteiger partial charge in [-0.1, -0.05) is 0 Å². The largest absolute Gasteiger partial charge is 0.448 e. The van der Waals surface area contributed by atoms with E-state index in [1.165, 1.54) is 28.7 Å². The molecule has 1 heterocycles. The lowest BCUT2D eigenvalue weighted by molar-refractivity contribution is -0.123. The highest BCUT2D eigenvalue weighted by molar-refractivity contribution is 7.14. The lowest BCUT2D eigenvalue weighted by Gasteiger charge is -2.13. The highest BCUT2D eigenvalue weighted by Crippen LogP contribution is 2.31. The van der Waals surface area contributed by atoms with E-state index in [2.05, 4.69) is 10.6 Å². The van der Waals surface area contributed by atoms with Crippen molar-refractivity contribution in [2.24, 2.45) is 0 Å². The molecule has 1 aromatic carbocycles. The Kier molecular flexibility index (Phi) is 5.37. The van der Waals surface area contributed by atoms with E-state index in [4.69, 9.17) is 4.74 Å². The Morgan fingerprint density at radius 1 is 1.08 bits per heavy atom. The zero-order valence-corrected chi connectivity index (χ0v) is 15.4. The smallest absolute Gasteiger partial charge is 0.349 e. The van der Waals surface area contributed by atoms with E-state index in [-0.39, 0.29) is 5.91 Å². The Labute approximate surface area is 155 Å². The number of benzene rings is 1. The van der Waals surface area contributed by atoms with Crippen molar-refractivity contribution >= 4 is 40.5 Å². The molecule has 0 saturated carbocycles. The third-order valence-electron chi connectivity index (χ3n) is 4.07. The number of rotatable bonds is 5. The molecule has 0 bridgehead atoms. The Bertz CT molecular complexity index is 820. The van der Waals surface area contributed by atoms with Gasteiger partial charge >= 0.3 is 5.97 Å². The molecule has 1 aliphatic carbocycles. The van der Waals surface area contributed by atoms with Crippen molar-refractivity contribution in [3.63, 3.8) is 0 Å². The summed E-state index contributed by atoms with van der Waals surface area (Å²) in [4.78, 5) is 37.3. The molecule has 2 N–H and O–H groups in total. The molecule has 7 heteroatoms. The zero-order chi connectivity index (χ0) is 18.7. The third-order valence-corrected chi connectivity index (χ3v) is 5.29. The van der Waals surface area contributed by atoms with Crippen molar-refractivity contribution in [3.8, 4) is 0 Å². The Morgan fingerprint density at radius 2 is 1.73 bits per heavy atom. The molecule has 6 nitrogen and oxygen atoms in total. The summed E-state index contributed by atoms with van der Waals surface area (Å²) < 4.78 is 5.29. The van der Waals surface area contributed by atoms with Gasteiger partial charge in [0.2, 0.25) is 5.91 Å². The fourth-order valence-corrected chi connectivity index (χ4v) is 3.92. The lowest BCUT2D eigenvalue weighted by Crippen LogP contribution is -2.29. The fourth-order valence-electron chi connectivity index (χ4n) is 2.79. The van der Waals surface area contributed by atoms with Gasteiger partial charge in [0.25, 0.3) is 5.91 Å². The number of carbonyl (C=O) groups excluding carboxylic acids is 3. The van der Waals surface area contributed by atoms with Crippen LogP contribution < -0.4 is 10.6 Å². The predicted molar refractivity (Wildman–Crippen MR) is 101 cm³/mol. The van der Waals surface area contributed by atoms with Crippen LogP contribution in [0.4, 0.5) is 11.4 Å². The highest BCUT2D eigenvalue weighted by atomic mass is 32.1. The second-order valence-electron chi connectivity index (χ2n) is 6.21. The summed E-state index contributed by atoms with van der Waals surface area (Å²) in [7, 11) is 0. The number of esters is 1. The number of anilines is 2. The van der Waals surface area contributed by atoms with Crippen molar-refractivity contribution in [1.82, 2.24) is 0 Å². The number of thiophene rings is 1. The minimum absolute atomic E-state index is 0.165. The maximum Gasteiger partial charge on any atom is 0.349 e. The van der Waals surface area contributed by atoms with Gasteiger partial charge in [0.1, 0.15) is 4.88 Å². The summed E-state index contributed by atoms with van der Waals surface area (Å²) in [5, 5.41) is 5.34. The first-order valence-electron chi connectivity index (χ1n) is 8.43. The molecule has 3 rings (SSSR count). The fraction of sp³-hybridized carbons (Fsp3) is 0.316. The van der Waals surface area contributed by atoms with E-state index < -0.39 is 18.0 Å². The molecule has 26 heavy (non-hydrogen) atoms. The van der Waals surface area contributed by atoms with Crippen LogP contribution in [0.25, 0.3) is 0 Å². The second kappa shape index (κ2) is 7.70. The van der Waals surface area contributed by atoms with Gasteiger partial charge in [0.05, 0.1) is 0 Å². The molecule has 0 spiro atoms. The highest BCUT2D eigenvalue weighted by Gasteiger charge is 2.23. The van der Waals surface area contributed by atoms with Crippen LogP contribution in [-0.2, 0) is 27.2 Å². The van der Waals surface area contributed by atoms with Gasteiger partial charge in [-0.2, -0.15) is 0 Å². The molecule has 0 aliphatic heterocycles. The summed E-state index contributed by atoms with van der Waals surface area (Å²) in [5.74, 6) is -1.04. The summed E-state index contributed by atoms with van der Waals surface area (Å²) >= 11 is 1.45. The maximum atomic E-state index is 12.2. The monoisotopic (exact) mass is 372 g/mol. The van der Waals surface area contributed by atoms with Crippen molar-refractivity contribution in [2.75, 3.05) is 10.6 Å². The van der Waals surface area contributed by atoms with E-state index in [1.807, 2.05) is 6.07 Å². The van der Waals surface area contributed by atoms with E-state index >= 15 is 0 Å². The summed E-state index contributed by atoms with van der Waals surface area (Å²) in [6.07, 6.45) is 2.24. The molecule has 0 radical (unpaired) electrons. The standard InChI is InChI=1S/C19H20N2O4S/c1-11(25-19(24)17-10-13-4-3-5-16(13)26-17)18(23)21-15-8-6-14(7-9-15)20-12(2)22/h6-11H,3-5H2,1-2H3,(H,20,22)(H,21,23)/t11-/m1/s1. The summed E-state index contributed by atoms with van der Waals surface area (Å²) in [5.41, 5.74) is 2.42. The van der Waals surface area contributed by atoms with Crippen molar-refractivity contribution in [2.45, 2.75) is 39.2 Å². The molecular formula is C19H20N2O4S. The average molecular weight is 372 g/mol. The van der Waals surface area contributed by atoms with Crippen LogP contribution in [-0.4, -0.2) is 23.9 Å². The molecule has 0 unspecified atom stereocenters. The Balaban J connectivity index is 1.55. The first kappa shape index (κ1) is 18.1. The first-order valence-corrected chi connectivity index (χ1v) is 9.25. The maximum absolute atomic E-state index is 12.2. The number of ether oxygens (including phenoxy) is 1. The topological polar surface area (TPSA) is 84.5 Å². The molecular weight excluding hydrogens is 352 g/mol. The molecule has 1 atom stereocenters. The van der Waals surface area contributed by atoms with Crippen molar-refractivity contribution in [3.05, 3.63) is 45.6 Å². The van der Waals surface area contributed by atoms with E-state index in [0.29, 0.717) is 16.3 Å². The third kappa shape index (κ3) is 4.29. The van der Waals surface area contributed by atoms with Gasteiger partial charge in [-0.15, -0.1) is 11.3 Å². The second-order valence-corrected chi connectivity index (χ2v) is 7.34. The quantitative estimate of drug-likeness (QED) is 0.788. The van der Waals surface area contributed by atoms with Crippen LogP contribution in [0.1, 0.15) is 40.4 Å². The van der Waals surface area contributed by atoms with Gasteiger partial charge in [-0.05, 0) is 62.1 Å². The molecule has 0 saturated heterocycles. The first-order chi connectivity index (χ1) is 12.4. The molecule has 2 aromatic rings. The number of amides is 2. The average Bonchev–Trinajstić information content (AvgIpc) is 3.17. The van der Waals surface area contributed by atoms with Crippen LogP contribution in [0.5, 0.6) is 0 Å². The molecule has 1 aromatic heterocycles. The van der Waals surface area contributed by atoms with Crippen LogP contribution >= 0.6 is 11.3 Å². The predicted octanol–water partition coefficient (Wildman–Crippen LogP) is 3.38. The van der Waals surface area contributed by atoms with Gasteiger partial charge < -0.3 is 15.4 Å². The van der Waals surface area contributed by atoms with Crippen molar-refractivity contribution < 1.29 is 19.1 Å². The van der Waals surface area contributed by atoms with Gasteiger partial charge in [-0.3, -0.25) is 9.59 Å². The molecule has 2 amide bonds. The van der Waals surface area contributed by atoms with Gasteiger partial charge in [-0.25, -0.2) is 4.79 Å². The molecule has 1 aliphatic rings. The normalized spacial score (nSPS) is 13.6. The summed E-state index contributed by atoms with van der Waals surface area (Å²) in [6.45, 7) is 2.97. The Morgan fingerprint density at radius 3 is 2.35 bits per heavy atom. The number of nitrogens with one attached hydrogen (secondary N) is 2. The zero-order valence-electron chi connectivity index (χ0n) is 14.6. The molecule has 136 valence electrons. The van der Waals surface area contributed by atoms with E-state index in [0.717, 1.165) is 19.3 Å². The van der Waals surface area contributed by atoms with Gasteiger partial charge in [0.15, 0.2) is 6.10 Å². The molecule has 0 fully saturated rings. The lowest BCUT2D eigenvalue weighted by atomic mass is 10.2. The van der Waals surface area contributed by atoms with Crippen LogP contribution in [0, 0.1) is 0 Å². The van der Waals surface area contributed by atoms with Crippen LogP contribution in [0.2, 0.25) is 0 Å². The van der Waals surface area contributed by atoms with E-state index in [9.17, 15) is 14.4 Å². The number of fused-ring (bicyclic) bond motifs is 1. The van der Waals surface area contributed by atoms with Crippen LogP contribution in [0.3, 0.4) is 0 Å². The SMILES string of the molecule is CC(=O)Nc1ccc(NC(=O)[C@@H](C)OC(=O)c2cc3c(s2)CCC3)cc1. The minimum Gasteiger partial charge on any atom is -0.448 e. The van der Waals surface area contributed by atoms with Gasteiger partial charge in [0, 0.05) is 23.2 Å². The van der Waals surface area contributed by atoms with Crippen molar-refractivity contribution in [1.29, 1.82) is 0 Å². The number of aryl methyl sites for hydroxylation is 2. The Hall–Kier alpha value is -2.67. The van der Waals surface area contributed by atoms with Crippen LogP contribution in [0.15, 0.2) is 30.3 Å². The number of hydrogen-bond donors (Lipinski definition) is 2. The van der Waals surface area contributed by atoms with E-state index in [1.54, 1.807) is 31.2 Å². The summed E-state index contributed by atoms with van der Waals surface area (Å²) in [6, 6.07) is 8.57. The minimum atomic E-state index is -0.908. The number of carbonyl (C=O) groups is 3. The number of hydrogen-bond acceptors (Lipinski definition) is 5.